The first-order valence-electron chi connectivity index (χ1n) is 7.74. The predicted octanol–water partition coefficient (Wildman–Crippen LogP) is 2.41. The van der Waals surface area contributed by atoms with Crippen molar-refractivity contribution in [2.75, 3.05) is 19.6 Å². The molecule has 1 amide bonds. The molecule has 0 spiro atoms. The average molecular weight is 352 g/mol. The molecule has 0 radical (unpaired) electrons. The second kappa shape index (κ2) is 6.90. The molecule has 0 bridgehead atoms. The molecule has 2 saturated heterocycles. The Morgan fingerprint density at radius 1 is 1.24 bits per heavy atom. The maximum Gasteiger partial charge on any atom is 0.224 e. The molecular formula is C16H22BrN3O. The van der Waals surface area contributed by atoms with Gasteiger partial charge in [-0.05, 0) is 36.8 Å². The van der Waals surface area contributed by atoms with Crippen LogP contribution >= 0.6 is 15.9 Å². The highest BCUT2D eigenvalue weighted by molar-refractivity contribution is 9.10. The lowest BCUT2D eigenvalue weighted by atomic mass is 9.89. The minimum atomic E-state index is 0.293. The van der Waals surface area contributed by atoms with E-state index in [0.29, 0.717) is 24.3 Å². The molecule has 2 aliphatic rings. The number of carbonyl (C=O) groups is 1. The molecule has 2 N–H and O–H groups in total. The fraction of sp³-hybridized carbons (Fsp3) is 0.562. The smallest absolute Gasteiger partial charge is 0.224 e. The van der Waals surface area contributed by atoms with Gasteiger partial charge in [0.25, 0.3) is 0 Å². The van der Waals surface area contributed by atoms with Crippen molar-refractivity contribution < 1.29 is 4.79 Å². The van der Waals surface area contributed by atoms with Gasteiger partial charge < -0.3 is 4.90 Å². The first kappa shape index (κ1) is 15.0. The minimum absolute atomic E-state index is 0.293. The van der Waals surface area contributed by atoms with E-state index in [-0.39, 0.29) is 0 Å². The van der Waals surface area contributed by atoms with Crippen LogP contribution in [-0.2, 0) is 4.79 Å². The maximum absolute atomic E-state index is 12.3. The van der Waals surface area contributed by atoms with Crippen LogP contribution in [0.4, 0.5) is 0 Å². The van der Waals surface area contributed by atoms with Crippen molar-refractivity contribution >= 4 is 21.8 Å². The van der Waals surface area contributed by atoms with Crippen molar-refractivity contribution in [3.8, 4) is 0 Å². The average Bonchev–Trinajstić information content (AvgIpc) is 3.01. The number of nitrogens with one attached hydrogen (secondary N) is 2. The standard InChI is InChI=1S/C16H22BrN3O/c17-15-4-2-1-3-14(15)12-6-9-20(10-7-12)16(21)11-13-5-8-18-19-13/h1-4,12-13,18-19H,5-11H2. The Balaban J connectivity index is 1.52. The summed E-state index contributed by atoms with van der Waals surface area (Å²) in [5.41, 5.74) is 7.64. The van der Waals surface area contributed by atoms with Gasteiger partial charge in [-0.1, -0.05) is 34.1 Å². The molecule has 1 atom stereocenters. The Morgan fingerprint density at radius 3 is 2.67 bits per heavy atom. The first-order chi connectivity index (χ1) is 10.2. The zero-order valence-electron chi connectivity index (χ0n) is 12.1. The quantitative estimate of drug-likeness (QED) is 0.878. The second-order valence-corrected chi connectivity index (χ2v) is 6.79. The molecule has 0 saturated carbocycles. The lowest BCUT2D eigenvalue weighted by molar-refractivity contribution is -0.132. The third-order valence-corrected chi connectivity index (χ3v) is 5.26. The van der Waals surface area contributed by atoms with Gasteiger partial charge in [0, 0.05) is 36.6 Å². The molecule has 5 heteroatoms. The van der Waals surface area contributed by atoms with Gasteiger partial charge in [0.15, 0.2) is 0 Å². The summed E-state index contributed by atoms with van der Waals surface area (Å²) in [5.74, 6) is 0.859. The van der Waals surface area contributed by atoms with E-state index in [4.69, 9.17) is 0 Å². The van der Waals surface area contributed by atoms with Gasteiger partial charge in [0.1, 0.15) is 0 Å². The van der Waals surface area contributed by atoms with Crippen molar-refractivity contribution in [2.24, 2.45) is 0 Å². The number of hydrogen-bond donors (Lipinski definition) is 2. The summed E-state index contributed by atoms with van der Waals surface area (Å²) in [6, 6.07) is 8.75. The number of nitrogens with zero attached hydrogens (tertiary/aromatic N) is 1. The molecule has 2 fully saturated rings. The lowest BCUT2D eigenvalue weighted by Crippen LogP contribution is -2.41. The summed E-state index contributed by atoms with van der Waals surface area (Å²) in [7, 11) is 0. The van der Waals surface area contributed by atoms with Crippen LogP contribution in [0.3, 0.4) is 0 Å². The molecule has 1 unspecified atom stereocenters. The van der Waals surface area contributed by atoms with Crippen molar-refractivity contribution in [2.45, 2.75) is 37.6 Å². The van der Waals surface area contributed by atoms with Crippen LogP contribution in [0.15, 0.2) is 28.7 Å². The highest BCUT2D eigenvalue weighted by Crippen LogP contribution is 2.32. The van der Waals surface area contributed by atoms with Crippen LogP contribution in [0.5, 0.6) is 0 Å². The molecule has 114 valence electrons. The van der Waals surface area contributed by atoms with Crippen molar-refractivity contribution in [3.63, 3.8) is 0 Å². The van der Waals surface area contributed by atoms with Crippen LogP contribution in [-0.4, -0.2) is 36.5 Å². The zero-order valence-corrected chi connectivity index (χ0v) is 13.7. The fourth-order valence-electron chi connectivity index (χ4n) is 3.27. The van der Waals surface area contributed by atoms with Crippen LogP contribution in [0, 0.1) is 0 Å². The summed E-state index contributed by atoms with van der Waals surface area (Å²) in [6.45, 7) is 2.72. The summed E-state index contributed by atoms with van der Waals surface area (Å²) in [6.07, 6.45) is 3.78. The summed E-state index contributed by atoms with van der Waals surface area (Å²) in [4.78, 5) is 14.3. The van der Waals surface area contributed by atoms with E-state index in [2.05, 4.69) is 51.0 Å². The van der Waals surface area contributed by atoms with Gasteiger partial charge in [0.2, 0.25) is 5.91 Å². The molecule has 4 nitrogen and oxygen atoms in total. The Hall–Kier alpha value is -0.910. The Bertz CT molecular complexity index is 494. The van der Waals surface area contributed by atoms with Gasteiger partial charge in [-0.15, -0.1) is 0 Å². The van der Waals surface area contributed by atoms with Gasteiger partial charge in [-0.3, -0.25) is 15.6 Å². The fourth-order valence-corrected chi connectivity index (χ4v) is 3.88. The molecule has 2 heterocycles. The maximum atomic E-state index is 12.3. The summed E-state index contributed by atoms with van der Waals surface area (Å²) in [5, 5.41) is 0. The van der Waals surface area contributed by atoms with Crippen LogP contribution in [0.1, 0.15) is 37.2 Å². The topological polar surface area (TPSA) is 44.4 Å². The van der Waals surface area contributed by atoms with E-state index in [1.165, 1.54) is 10.0 Å². The van der Waals surface area contributed by atoms with Crippen LogP contribution in [0.2, 0.25) is 0 Å². The first-order valence-corrected chi connectivity index (χ1v) is 8.54. The van der Waals surface area contributed by atoms with E-state index in [1.54, 1.807) is 0 Å². The van der Waals surface area contributed by atoms with Gasteiger partial charge in [-0.2, -0.15) is 0 Å². The molecule has 0 aliphatic carbocycles. The Labute approximate surface area is 134 Å². The minimum Gasteiger partial charge on any atom is -0.343 e. The van der Waals surface area contributed by atoms with E-state index in [0.717, 1.165) is 38.9 Å². The molecule has 21 heavy (non-hydrogen) atoms. The number of likely N-dealkylation sites (tertiary alicyclic amines) is 1. The molecule has 1 aromatic carbocycles. The highest BCUT2D eigenvalue weighted by Gasteiger charge is 2.27. The summed E-state index contributed by atoms with van der Waals surface area (Å²) >= 11 is 3.64. The number of hydrogen-bond acceptors (Lipinski definition) is 3. The summed E-state index contributed by atoms with van der Waals surface area (Å²) < 4.78 is 1.19. The Morgan fingerprint density at radius 2 is 2.00 bits per heavy atom. The number of hydrazine groups is 1. The molecule has 1 aromatic rings. The van der Waals surface area contributed by atoms with Crippen molar-refractivity contribution in [3.05, 3.63) is 34.3 Å². The SMILES string of the molecule is O=C(CC1CCNN1)N1CCC(c2ccccc2Br)CC1. The normalized spacial score (nSPS) is 23.5. The number of amides is 1. The second-order valence-electron chi connectivity index (χ2n) is 5.94. The van der Waals surface area contributed by atoms with E-state index < -0.39 is 0 Å². The lowest BCUT2D eigenvalue weighted by Gasteiger charge is -2.33. The van der Waals surface area contributed by atoms with Gasteiger partial charge in [0.05, 0.1) is 0 Å². The van der Waals surface area contributed by atoms with Crippen molar-refractivity contribution in [1.82, 2.24) is 15.8 Å². The molecule has 0 aromatic heterocycles. The Kier molecular flexibility index (Phi) is 4.93. The van der Waals surface area contributed by atoms with E-state index in [1.807, 2.05) is 4.90 Å². The van der Waals surface area contributed by atoms with Crippen LogP contribution < -0.4 is 10.9 Å². The van der Waals surface area contributed by atoms with Gasteiger partial charge >= 0.3 is 0 Å². The number of rotatable bonds is 3. The predicted molar refractivity (Wildman–Crippen MR) is 86.9 cm³/mol. The number of halogens is 1. The monoisotopic (exact) mass is 351 g/mol. The van der Waals surface area contributed by atoms with E-state index >= 15 is 0 Å². The molecule has 2 aliphatic heterocycles. The van der Waals surface area contributed by atoms with Gasteiger partial charge in [-0.25, -0.2) is 0 Å². The number of piperidine rings is 1. The van der Waals surface area contributed by atoms with E-state index in [9.17, 15) is 4.79 Å². The molecular weight excluding hydrogens is 330 g/mol. The third-order valence-electron chi connectivity index (χ3n) is 4.54. The highest BCUT2D eigenvalue weighted by atomic mass is 79.9. The zero-order chi connectivity index (χ0) is 14.7. The largest absolute Gasteiger partial charge is 0.343 e. The number of benzene rings is 1. The van der Waals surface area contributed by atoms with Crippen LogP contribution in [0.25, 0.3) is 0 Å². The number of carbonyl (C=O) groups excluding carboxylic acids is 1. The third kappa shape index (κ3) is 3.65. The van der Waals surface area contributed by atoms with Crippen molar-refractivity contribution in [1.29, 1.82) is 0 Å². The molecule has 3 rings (SSSR count).